The number of nitrogen functional groups attached to an aromatic ring is 1. The van der Waals surface area contributed by atoms with Gasteiger partial charge in [-0.25, -0.2) is 0 Å². The van der Waals surface area contributed by atoms with E-state index in [1.54, 1.807) is 19.2 Å². The molecule has 0 aliphatic carbocycles. The van der Waals surface area contributed by atoms with E-state index >= 15 is 0 Å². The minimum absolute atomic E-state index is 0.0104. The van der Waals surface area contributed by atoms with E-state index in [4.69, 9.17) is 10.6 Å². The van der Waals surface area contributed by atoms with Crippen molar-refractivity contribution >= 4 is 11.6 Å². The highest BCUT2D eigenvalue weighted by atomic mass is 16.5. The number of hydrazine groups is 1. The third-order valence-electron chi connectivity index (χ3n) is 2.36. The number of carbonyl (C=O) groups is 1. The van der Waals surface area contributed by atoms with Crippen molar-refractivity contribution in [2.45, 2.75) is 19.4 Å². The minimum atomic E-state index is -0.231. The number of methoxy groups -OCH3 is 1. The van der Waals surface area contributed by atoms with Crippen molar-refractivity contribution in [1.82, 2.24) is 10.3 Å². The Morgan fingerprint density at radius 3 is 3.00 bits per heavy atom. The molecule has 1 unspecified atom stereocenters. The first kappa shape index (κ1) is 13.4. The topological polar surface area (TPSA) is 89.3 Å². The SMILES string of the molecule is CCC(COC)NC(=O)c1cc(NN)ccn1. The molecule has 0 aromatic carbocycles. The molecule has 0 saturated heterocycles. The zero-order valence-electron chi connectivity index (χ0n) is 10.1. The predicted octanol–water partition coefficient (Wildman–Crippen LogP) is 0.522. The number of nitrogens with one attached hydrogen (secondary N) is 2. The van der Waals surface area contributed by atoms with Crippen LogP contribution in [0, 0.1) is 0 Å². The fourth-order valence-electron chi connectivity index (χ4n) is 1.37. The lowest BCUT2D eigenvalue weighted by Gasteiger charge is -2.15. The Bertz CT molecular complexity index is 370. The summed E-state index contributed by atoms with van der Waals surface area (Å²) in [4.78, 5) is 15.8. The van der Waals surface area contributed by atoms with Gasteiger partial charge in [0.1, 0.15) is 5.69 Å². The van der Waals surface area contributed by atoms with Crippen molar-refractivity contribution < 1.29 is 9.53 Å². The summed E-state index contributed by atoms with van der Waals surface area (Å²) in [6, 6.07) is 3.27. The van der Waals surface area contributed by atoms with Gasteiger partial charge in [0, 0.05) is 13.3 Å². The van der Waals surface area contributed by atoms with Crippen LogP contribution in [-0.2, 0) is 4.74 Å². The molecule has 94 valence electrons. The molecule has 6 heteroatoms. The first-order chi connectivity index (χ1) is 8.21. The number of aromatic nitrogens is 1. The number of pyridine rings is 1. The zero-order valence-corrected chi connectivity index (χ0v) is 10.1. The Kier molecular flexibility index (Phi) is 5.38. The number of nitrogens with zero attached hydrogens (tertiary/aromatic N) is 1. The molecular weight excluding hydrogens is 220 g/mol. The highest BCUT2D eigenvalue weighted by molar-refractivity contribution is 5.93. The molecule has 0 radical (unpaired) electrons. The monoisotopic (exact) mass is 238 g/mol. The molecule has 0 aliphatic rings. The third-order valence-corrected chi connectivity index (χ3v) is 2.36. The lowest BCUT2D eigenvalue weighted by atomic mass is 10.2. The largest absolute Gasteiger partial charge is 0.383 e. The van der Waals surface area contributed by atoms with Crippen LogP contribution in [0.3, 0.4) is 0 Å². The molecule has 0 spiro atoms. The van der Waals surface area contributed by atoms with Gasteiger partial charge in [0.05, 0.1) is 18.3 Å². The van der Waals surface area contributed by atoms with Crippen LogP contribution in [0.5, 0.6) is 0 Å². The molecule has 6 nitrogen and oxygen atoms in total. The number of hydrogen-bond donors (Lipinski definition) is 3. The summed E-state index contributed by atoms with van der Waals surface area (Å²) in [7, 11) is 1.60. The second-order valence-electron chi connectivity index (χ2n) is 3.61. The van der Waals surface area contributed by atoms with E-state index in [2.05, 4.69) is 15.7 Å². The van der Waals surface area contributed by atoms with E-state index in [1.807, 2.05) is 6.92 Å². The number of nitrogens with two attached hydrogens (primary N) is 1. The highest BCUT2D eigenvalue weighted by Gasteiger charge is 2.13. The maximum absolute atomic E-state index is 11.9. The van der Waals surface area contributed by atoms with E-state index < -0.39 is 0 Å². The molecule has 0 bridgehead atoms. The molecule has 4 N–H and O–H groups in total. The van der Waals surface area contributed by atoms with Crippen molar-refractivity contribution in [1.29, 1.82) is 0 Å². The molecule has 1 amide bonds. The molecule has 17 heavy (non-hydrogen) atoms. The van der Waals surface area contributed by atoms with Crippen LogP contribution in [0.4, 0.5) is 5.69 Å². The van der Waals surface area contributed by atoms with Crippen LogP contribution in [0.25, 0.3) is 0 Å². The normalized spacial score (nSPS) is 11.9. The Morgan fingerprint density at radius 2 is 2.41 bits per heavy atom. The molecule has 0 aliphatic heterocycles. The fourth-order valence-corrected chi connectivity index (χ4v) is 1.37. The summed E-state index contributed by atoms with van der Waals surface area (Å²) < 4.78 is 5.01. The maximum Gasteiger partial charge on any atom is 0.270 e. The van der Waals surface area contributed by atoms with Gasteiger partial charge >= 0.3 is 0 Å². The predicted molar refractivity (Wildman–Crippen MR) is 65.5 cm³/mol. The lowest BCUT2D eigenvalue weighted by molar-refractivity contribution is 0.0889. The Hall–Kier alpha value is -1.66. The molecule has 0 fully saturated rings. The van der Waals surface area contributed by atoms with Gasteiger partial charge in [0.2, 0.25) is 0 Å². The van der Waals surface area contributed by atoms with Crippen molar-refractivity contribution in [3.63, 3.8) is 0 Å². The Morgan fingerprint density at radius 1 is 1.65 bits per heavy atom. The second-order valence-corrected chi connectivity index (χ2v) is 3.61. The van der Waals surface area contributed by atoms with Crippen molar-refractivity contribution in [2.24, 2.45) is 5.84 Å². The summed E-state index contributed by atoms with van der Waals surface area (Å²) in [5.41, 5.74) is 3.44. The molecule has 1 aromatic heterocycles. The summed E-state index contributed by atoms with van der Waals surface area (Å²) >= 11 is 0. The molecule has 1 heterocycles. The molecular formula is C11H18N4O2. The van der Waals surface area contributed by atoms with E-state index in [0.29, 0.717) is 18.0 Å². The van der Waals surface area contributed by atoms with E-state index in [0.717, 1.165) is 6.42 Å². The van der Waals surface area contributed by atoms with Crippen LogP contribution >= 0.6 is 0 Å². The first-order valence-corrected chi connectivity index (χ1v) is 5.43. The molecule has 1 atom stereocenters. The van der Waals surface area contributed by atoms with Crippen molar-refractivity contribution in [2.75, 3.05) is 19.1 Å². The summed E-state index contributed by atoms with van der Waals surface area (Å²) in [6.45, 7) is 2.46. The third kappa shape index (κ3) is 4.01. The Labute approximate surface area is 101 Å². The van der Waals surface area contributed by atoms with Gasteiger partial charge in [0.15, 0.2) is 0 Å². The summed E-state index contributed by atoms with van der Waals surface area (Å²) in [6.07, 6.45) is 2.33. The van der Waals surface area contributed by atoms with Gasteiger partial charge in [0.25, 0.3) is 5.91 Å². The van der Waals surface area contributed by atoms with Crippen LogP contribution in [0.2, 0.25) is 0 Å². The quantitative estimate of drug-likeness (QED) is 0.496. The van der Waals surface area contributed by atoms with Crippen LogP contribution in [-0.4, -0.2) is 30.6 Å². The van der Waals surface area contributed by atoms with Crippen LogP contribution in [0.15, 0.2) is 18.3 Å². The second kappa shape index (κ2) is 6.82. The maximum atomic E-state index is 11.9. The Balaban J connectivity index is 2.68. The van der Waals surface area contributed by atoms with Gasteiger partial charge in [-0.3, -0.25) is 15.6 Å². The highest BCUT2D eigenvalue weighted by Crippen LogP contribution is 2.06. The van der Waals surface area contributed by atoms with Crippen LogP contribution < -0.4 is 16.6 Å². The van der Waals surface area contributed by atoms with E-state index in [9.17, 15) is 4.79 Å². The van der Waals surface area contributed by atoms with Crippen LogP contribution in [0.1, 0.15) is 23.8 Å². The minimum Gasteiger partial charge on any atom is -0.383 e. The smallest absolute Gasteiger partial charge is 0.270 e. The number of anilines is 1. The standard InChI is InChI=1S/C11H18N4O2/c1-3-8(7-17-2)14-11(16)10-6-9(15-12)4-5-13-10/h4-6,8H,3,7,12H2,1-2H3,(H,13,15)(H,14,16). The van der Waals surface area contributed by atoms with Gasteiger partial charge in [-0.2, -0.15) is 0 Å². The number of hydrogen-bond acceptors (Lipinski definition) is 5. The average molecular weight is 238 g/mol. The number of amides is 1. The number of carbonyl (C=O) groups excluding carboxylic acids is 1. The number of ether oxygens (including phenoxy) is 1. The summed E-state index contributed by atoms with van der Waals surface area (Å²) in [5, 5.41) is 2.84. The number of rotatable bonds is 6. The average Bonchev–Trinajstić information content (AvgIpc) is 2.38. The van der Waals surface area contributed by atoms with E-state index in [1.165, 1.54) is 6.20 Å². The molecule has 0 saturated carbocycles. The van der Waals surface area contributed by atoms with Gasteiger partial charge in [-0.1, -0.05) is 6.92 Å². The van der Waals surface area contributed by atoms with Crippen molar-refractivity contribution in [3.8, 4) is 0 Å². The lowest BCUT2D eigenvalue weighted by Crippen LogP contribution is -2.37. The van der Waals surface area contributed by atoms with Gasteiger partial charge in [-0.15, -0.1) is 0 Å². The van der Waals surface area contributed by atoms with E-state index in [-0.39, 0.29) is 11.9 Å². The van der Waals surface area contributed by atoms with Gasteiger partial charge < -0.3 is 15.5 Å². The molecule has 1 aromatic rings. The van der Waals surface area contributed by atoms with Crippen molar-refractivity contribution in [3.05, 3.63) is 24.0 Å². The van der Waals surface area contributed by atoms with Gasteiger partial charge in [-0.05, 0) is 18.6 Å². The summed E-state index contributed by atoms with van der Waals surface area (Å²) in [5.74, 6) is 5.03. The fraction of sp³-hybridized carbons (Fsp3) is 0.455. The zero-order chi connectivity index (χ0) is 12.7. The molecule has 1 rings (SSSR count). The first-order valence-electron chi connectivity index (χ1n) is 5.43.